The molecule has 0 atom stereocenters. The van der Waals surface area contributed by atoms with Gasteiger partial charge in [0.05, 0.1) is 0 Å². The Kier molecular flexibility index (Phi) is 5.02. The fourth-order valence-electron chi connectivity index (χ4n) is 2.28. The Morgan fingerprint density at radius 3 is 2.29 bits per heavy atom. The zero-order valence-electron chi connectivity index (χ0n) is 12.4. The first-order chi connectivity index (χ1) is 7.74. The SMILES string of the molecule is CCCC1=[C]([Pt]([CH3])([CH3])[CH3])CC=C1[Si](C)(C)OC. The molecule has 0 unspecified atom stereocenters. The van der Waals surface area contributed by atoms with Gasteiger partial charge in [-0.1, -0.05) is 0 Å². The van der Waals surface area contributed by atoms with E-state index in [-0.39, 0.29) is 0 Å². The van der Waals surface area contributed by atoms with Gasteiger partial charge < -0.3 is 0 Å². The molecule has 0 saturated carbocycles. The third-order valence-electron chi connectivity index (χ3n) is 3.34. The third kappa shape index (κ3) is 3.42. The van der Waals surface area contributed by atoms with E-state index in [9.17, 15) is 0 Å². The van der Waals surface area contributed by atoms with Gasteiger partial charge in [0.15, 0.2) is 0 Å². The predicted octanol–water partition coefficient (Wildman–Crippen LogP) is 5.06. The summed E-state index contributed by atoms with van der Waals surface area (Å²) in [6, 6.07) is 0. The van der Waals surface area contributed by atoms with E-state index >= 15 is 0 Å². The average molecular weight is 436 g/mol. The van der Waals surface area contributed by atoms with Crippen LogP contribution in [0.5, 0.6) is 0 Å². The first-order valence-electron chi connectivity index (χ1n) is 6.08. The van der Waals surface area contributed by atoms with Crippen molar-refractivity contribution >= 4 is 8.32 Å². The molecule has 1 aliphatic carbocycles. The molecule has 0 aromatic heterocycles. The van der Waals surface area contributed by atoms with Gasteiger partial charge in [-0.2, -0.15) is 0 Å². The van der Waals surface area contributed by atoms with Gasteiger partial charge in [-0.25, -0.2) is 0 Å². The van der Waals surface area contributed by atoms with Crippen LogP contribution in [-0.2, 0) is 20.5 Å². The Bertz CT molecular complexity index is 348. The molecule has 0 aliphatic heterocycles. The molecule has 1 nitrogen and oxygen atoms in total. The van der Waals surface area contributed by atoms with Crippen LogP contribution in [0.15, 0.2) is 20.8 Å². The van der Waals surface area contributed by atoms with Crippen LogP contribution in [0, 0.1) is 0 Å². The summed E-state index contributed by atoms with van der Waals surface area (Å²) in [7, 11) is 0.249. The molecule has 0 aromatic rings. The second-order valence-electron chi connectivity index (χ2n) is 5.56. The summed E-state index contributed by atoms with van der Waals surface area (Å²) in [5.41, 5.74) is 1.69. The normalized spacial score (nSPS) is 18.6. The molecule has 1 rings (SSSR count). The Hall–Kier alpha value is 0.345. The van der Waals surface area contributed by atoms with E-state index in [1.807, 2.05) is 11.1 Å². The van der Waals surface area contributed by atoms with Gasteiger partial charge in [0.2, 0.25) is 0 Å². The number of hydrogen-bond donors (Lipinski definition) is 0. The molecule has 0 radical (unpaired) electrons. The molecule has 0 amide bonds. The molecule has 17 heavy (non-hydrogen) atoms. The predicted molar refractivity (Wildman–Crippen MR) is 76.7 cm³/mol. The van der Waals surface area contributed by atoms with Crippen molar-refractivity contribution in [1.82, 2.24) is 0 Å². The Balaban J connectivity index is 3.15. The molecule has 104 valence electrons. The van der Waals surface area contributed by atoms with Crippen molar-refractivity contribution in [3.8, 4) is 0 Å². The van der Waals surface area contributed by atoms with E-state index < -0.39 is 24.4 Å². The van der Waals surface area contributed by atoms with Crippen molar-refractivity contribution in [3.05, 3.63) is 20.8 Å². The number of rotatable bonds is 5. The van der Waals surface area contributed by atoms with Crippen molar-refractivity contribution < 1.29 is 20.5 Å². The minimum atomic E-state index is -1.63. The standard InChI is InChI=1S/C11H19OSi.3CH3.Pt/c1-5-7-10-8-6-9-11(10)13(3,4)12-2;;;;/h9H,5-7H2,1-4H3;3*1H3;. The van der Waals surface area contributed by atoms with Crippen LogP contribution < -0.4 is 0 Å². The van der Waals surface area contributed by atoms with Gasteiger partial charge >= 0.3 is 112 Å². The molecule has 0 aromatic carbocycles. The van der Waals surface area contributed by atoms with Crippen molar-refractivity contribution in [2.24, 2.45) is 0 Å². The van der Waals surface area contributed by atoms with Crippen molar-refractivity contribution in [1.29, 1.82) is 0 Å². The van der Waals surface area contributed by atoms with Crippen LogP contribution in [0.25, 0.3) is 0 Å². The van der Waals surface area contributed by atoms with Crippen LogP contribution in [0.2, 0.25) is 29.0 Å². The fraction of sp³-hybridized carbons (Fsp3) is 0.714. The van der Waals surface area contributed by atoms with Crippen molar-refractivity contribution in [3.63, 3.8) is 0 Å². The molecule has 0 saturated heterocycles. The summed E-state index contributed by atoms with van der Waals surface area (Å²) < 4.78 is 7.63. The van der Waals surface area contributed by atoms with Crippen LogP contribution in [0.4, 0.5) is 0 Å². The van der Waals surface area contributed by atoms with Gasteiger partial charge in [0, 0.05) is 0 Å². The first-order valence-corrected chi connectivity index (χ1v) is 16.9. The van der Waals surface area contributed by atoms with E-state index in [0.717, 1.165) is 0 Å². The quantitative estimate of drug-likeness (QED) is 0.549. The second kappa shape index (κ2) is 5.55. The summed E-state index contributed by atoms with van der Waals surface area (Å²) in [5, 5.41) is 9.12. The molecule has 0 bridgehead atoms. The van der Waals surface area contributed by atoms with Crippen molar-refractivity contribution in [2.45, 2.75) is 55.2 Å². The summed E-state index contributed by atoms with van der Waals surface area (Å²) in [4.78, 5) is 0. The second-order valence-corrected chi connectivity index (χ2v) is 21.1. The topological polar surface area (TPSA) is 9.23 Å². The van der Waals surface area contributed by atoms with Crippen LogP contribution in [0.1, 0.15) is 26.2 Å². The summed E-state index contributed by atoms with van der Waals surface area (Å²) in [6.07, 6.45) is 6.19. The Labute approximate surface area is 112 Å². The van der Waals surface area contributed by atoms with Gasteiger partial charge in [-0.3, -0.25) is 0 Å². The summed E-state index contributed by atoms with van der Waals surface area (Å²) >= 11 is -1.60. The molecular formula is C14H28OPtSi. The fourth-order valence-corrected chi connectivity index (χ4v) is 8.63. The third-order valence-corrected chi connectivity index (χ3v) is 11.4. The maximum absolute atomic E-state index is 5.82. The van der Waals surface area contributed by atoms with Crippen molar-refractivity contribution in [2.75, 3.05) is 7.11 Å². The average Bonchev–Trinajstić information content (AvgIpc) is 2.62. The number of allylic oxidation sites excluding steroid dienone is 4. The summed E-state index contributed by atoms with van der Waals surface area (Å²) in [5.74, 6) is 0. The molecule has 0 N–H and O–H groups in total. The molecular weight excluding hydrogens is 407 g/mol. The van der Waals surface area contributed by atoms with E-state index in [1.54, 1.807) is 10.8 Å². The summed E-state index contributed by atoms with van der Waals surface area (Å²) in [6.45, 7) is 6.94. The number of hydrogen-bond acceptors (Lipinski definition) is 1. The molecule has 3 heteroatoms. The Morgan fingerprint density at radius 1 is 1.29 bits per heavy atom. The van der Waals surface area contributed by atoms with Gasteiger partial charge in [0.1, 0.15) is 0 Å². The van der Waals surface area contributed by atoms with Crippen LogP contribution >= 0.6 is 0 Å². The van der Waals surface area contributed by atoms with E-state index in [2.05, 4.69) is 42.0 Å². The van der Waals surface area contributed by atoms with E-state index in [0.29, 0.717) is 0 Å². The maximum atomic E-state index is 5.82. The van der Waals surface area contributed by atoms with Gasteiger partial charge in [-0.15, -0.1) is 0 Å². The van der Waals surface area contributed by atoms with Gasteiger partial charge in [0.25, 0.3) is 0 Å². The minimum absolute atomic E-state index is 1.21. The van der Waals surface area contributed by atoms with Crippen LogP contribution in [0.3, 0.4) is 0 Å². The van der Waals surface area contributed by atoms with E-state index in [4.69, 9.17) is 4.43 Å². The molecule has 0 heterocycles. The molecule has 1 aliphatic rings. The first kappa shape index (κ1) is 15.4. The molecule has 0 fully saturated rings. The Morgan fingerprint density at radius 2 is 1.88 bits per heavy atom. The zero-order chi connectivity index (χ0) is 13.3. The van der Waals surface area contributed by atoms with Gasteiger partial charge in [-0.05, 0) is 0 Å². The monoisotopic (exact) mass is 435 g/mol. The van der Waals surface area contributed by atoms with E-state index in [1.165, 1.54) is 19.3 Å². The zero-order valence-corrected chi connectivity index (χ0v) is 15.7. The molecule has 0 spiro atoms. The van der Waals surface area contributed by atoms with Crippen LogP contribution in [-0.4, -0.2) is 15.4 Å².